The molecule has 6 nitrogen and oxygen atoms in total. The number of piperidine rings is 2. The Morgan fingerprint density at radius 2 is 1.86 bits per heavy atom. The molecule has 6 heteroatoms. The van der Waals surface area contributed by atoms with Gasteiger partial charge in [0.15, 0.2) is 0 Å². The fourth-order valence-electron chi connectivity index (χ4n) is 5.63. The van der Waals surface area contributed by atoms with Crippen LogP contribution in [0.2, 0.25) is 0 Å². The summed E-state index contributed by atoms with van der Waals surface area (Å²) < 4.78 is 1.72. The third-order valence-electron chi connectivity index (χ3n) is 7.33. The van der Waals surface area contributed by atoms with Gasteiger partial charge in [-0.05, 0) is 70.1 Å². The zero-order valence-electron chi connectivity index (χ0n) is 18.3. The average Bonchev–Trinajstić information content (AvgIpc) is 3.43. The Kier molecular flexibility index (Phi) is 7.24. The molecule has 4 rings (SSSR count). The first-order valence-corrected chi connectivity index (χ1v) is 11.9. The van der Waals surface area contributed by atoms with Crippen molar-refractivity contribution >= 4 is 5.91 Å². The van der Waals surface area contributed by atoms with Crippen LogP contribution in [0, 0.1) is 5.92 Å². The van der Waals surface area contributed by atoms with E-state index in [2.05, 4.69) is 19.8 Å². The molecule has 162 valence electrons. The highest BCUT2D eigenvalue weighted by Crippen LogP contribution is 2.28. The van der Waals surface area contributed by atoms with Crippen molar-refractivity contribution in [2.75, 3.05) is 45.8 Å². The van der Waals surface area contributed by atoms with E-state index in [0.717, 1.165) is 25.7 Å². The monoisotopic (exact) mass is 401 g/mol. The van der Waals surface area contributed by atoms with Gasteiger partial charge in [0.25, 0.3) is 5.91 Å². The van der Waals surface area contributed by atoms with E-state index in [9.17, 15) is 4.79 Å². The lowest BCUT2D eigenvalue weighted by Gasteiger charge is -2.39. The Labute approximate surface area is 176 Å². The molecule has 1 aromatic heterocycles. The predicted octanol–water partition coefficient (Wildman–Crippen LogP) is 3.00. The molecule has 1 atom stereocenters. The molecule has 0 spiro atoms. The highest BCUT2D eigenvalue weighted by Gasteiger charge is 2.30. The molecule has 1 aliphatic carbocycles. The molecular formula is C23H39N5O. The second-order valence-corrected chi connectivity index (χ2v) is 9.43. The fourth-order valence-corrected chi connectivity index (χ4v) is 5.63. The van der Waals surface area contributed by atoms with Crippen LogP contribution in [0.5, 0.6) is 0 Å². The van der Waals surface area contributed by atoms with E-state index in [1.165, 1.54) is 84.0 Å². The zero-order valence-corrected chi connectivity index (χ0v) is 18.3. The first-order chi connectivity index (χ1) is 14.2. The molecule has 2 saturated heterocycles. The van der Waals surface area contributed by atoms with Gasteiger partial charge in [-0.3, -0.25) is 9.48 Å². The number of aromatic nitrogens is 2. The maximum absolute atomic E-state index is 13.3. The number of amides is 1. The van der Waals surface area contributed by atoms with Crippen molar-refractivity contribution in [2.45, 2.75) is 63.8 Å². The first-order valence-electron chi connectivity index (χ1n) is 11.9. The molecule has 0 unspecified atom stereocenters. The lowest BCUT2D eigenvalue weighted by atomic mass is 9.95. The summed E-state index contributed by atoms with van der Waals surface area (Å²) in [5.74, 6) is 0.753. The minimum Gasteiger partial charge on any atom is -0.336 e. The maximum Gasteiger partial charge on any atom is 0.272 e. The zero-order chi connectivity index (χ0) is 20.1. The van der Waals surface area contributed by atoms with Crippen LogP contribution in [0.1, 0.15) is 68.3 Å². The molecular weight excluding hydrogens is 362 g/mol. The van der Waals surface area contributed by atoms with Crippen LogP contribution in [-0.4, -0.2) is 82.2 Å². The minimum absolute atomic E-state index is 0.153. The van der Waals surface area contributed by atoms with Crippen LogP contribution in [-0.2, 0) is 7.05 Å². The third kappa shape index (κ3) is 5.40. The summed E-state index contributed by atoms with van der Waals surface area (Å²) in [5.41, 5.74) is 0.715. The highest BCUT2D eigenvalue weighted by atomic mass is 16.2. The summed E-state index contributed by atoms with van der Waals surface area (Å²) in [5, 5.41) is 4.23. The Hall–Kier alpha value is -1.40. The number of hydrogen-bond donors (Lipinski definition) is 0. The number of aryl methyl sites for hydroxylation is 1. The summed E-state index contributed by atoms with van der Waals surface area (Å²) >= 11 is 0. The molecule has 1 saturated carbocycles. The highest BCUT2D eigenvalue weighted by molar-refractivity contribution is 5.92. The third-order valence-corrected chi connectivity index (χ3v) is 7.33. The molecule has 3 heterocycles. The Bertz CT molecular complexity index is 647. The normalized spacial score (nSPS) is 24.8. The van der Waals surface area contributed by atoms with Gasteiger partial charge in [-0.15, -0.1) is 0 Å². The number of likely N-dealkylation sites (tertiary alicyclic amines) is 2. The first kappa shape index (κ1) is 20.9. The van der Waals surface area contributed by atoms with Crippen molar-refractivity contribution in [2.24, 2.45) is 13.0 Å². The van der Waals surface area contributed by atoms with Gasteiger partial charge in [-0.25, -0.2) is 0 Å². The number of rotatable bonds is 7. The van der Waals surface area contributed by atoms with Gasteiger partial charge in [0.1, 0.15) is 5.69 Å². The van der Waals surface area contributed by atoms with E-state index >= 15 is 0 Å². The van der Waals surface area contributed by atoms with Crippen molar-refractivity contribution in [1.82, 2.24) is 24.5 Å². The maximum atomic E-state index is 13.3. The Balaban J connectivity index is 1.39. The molecule has 29 heavy (non-hydrogen) atoms. The SMILES string of the molecule is Cn1nccc1C(=O)N(CCN1CCCCC1)C[C@@H]1CCCN(C2CCCC2)C1. The molecule has 0 aromatic carbocycles. The Morgan fingerprint density at radius 1 is 1.07 bits per heavy atom. The second kappa shape index (κ2) is 10.1. The molecule has 3 aliphatic rings. The van der Waals surface area contributed by atoms with Crippen LogP contribution in [0.4, 0.5) is 0 Å². The molecule has 0 radical (unpaired) electrons. The molecule has 1 aromatic rings. The standard InChI is InChI=1S/C23H39N5O/c1-25-22(11-12-24-25)23(29)28(17-16-26-13-5-2-6-14-26)19-20-8-7-15-27(18-20)21-9-3-4-10-21/h11-12,20-21H,2-10,13-19H2,1H3/t20-/m1/s1. The van der Waals surface area contributed by atoms with Gasteiger partial charge in [0.05, 0.1) is 0 Å². The smallest absolute Gasteiger partial charge is 0.272 e. The summed E-state index contributed by atoms with van der Waals surface area (Å²) in [6.45, 7) is 7.53. The van der Waals surface area contributed by atoms with Crippen molar-refractivity contribution in [3.63, 3.8) is 0 Å². The topological polar surface area (TPSA) is 44.6 Å². The quantitative estimate of drug-likeness (QED) is 0.705. The molecule has 1 amide bonds. The van der Waals surface area contributed by atoms with Gasteiger partial charge >= 0.3 is 0 Å². The van der Waals surface area contributed by atoms with Crippen LogP contribution in [0.15, 0.2) is 12.3 Å². The predicted molar refractivity (Wildman–Crippen MR) is 116 cm³/mol. The summed E-state index contributed by atoms with van der Waals surface area (Å²) in [4.78, 5) is 20.8. The van der Waals surface area contributed by atoms with E-state index in [1.54, 1.807) is 10.9 Å². The summed E-state index contributed by atoms with van der Waals surface area (Å²) in [6.07, 6.45) is 13.8. The van der Waals surface area contributed by atoms with Gasteiger partial charge in [0.2, 0.25) is 0 Å². The van der Waals surface area contributed by atoms with E-state index in [1.807, 2.05) is 13.1 Å². The van der Waals surface area contributed by atoms with Crippen LogP contribution in [0.25, 0.3) is 0 Å². The van der Waals surface area contributed by atoms with Crippen molar-refractivity contribution in [1.29, 1.82) is 0 Å². The van der Waals surface area contributed by atoms with Gasteiger partial charge in [-0.2, -0.15) is 5.10 Å². The Morgan fingerprint density at radius 3 is 2.59 bits per heavy atom. The number of carbonyl (C=O) groups excluding carboxylic acids is 1. The van der Waals surface area contributed by atoms with Crippen LogP contribution in [0.3, 0.4) is 0 Å². The van der Waals surface area contributed by atoms with E-state index in [0.29, 0.717) is 11.6 Å². The van der Waals surface area contributed by atoms with E-state index < -0.39 is 0 Å². The van der Waals surface area contributed by atoms with E-state index in [-0.39, 0.29) is 5.91 Å². The lowest BCUT2D eigenvalue weighted by Crippen LogP contribution is -2.48. The van der Waals surface area contributed by atoms with E-state index in [4.69, 9.17) is 0 Å². The second-order valence-electron chi connectivity index (χ2n) is 9.43. The van der Waals surface area contributed by atoms with Crippen molar-refractivity contribution in [3.8, 4) is 0 Å². The molecule has 3 fully saturated rings. The van der Waals surface area contributed by atoms with Crippen LogP contribution < -0.4 is 0 Å². The minimum atomic E-state index is 0.153. The molecule has 2 aliphatic heterocycles. The van der Waals surface area contributed by atoms with Gasteiger partial charge < -0.3 is 14.7 Å². The van der Waals surface area contributed by atoms with Crippen molar-refractivity contribution < 1.29 is 4.79 Å². The summed E-state index contributed by atoms with van der Waals surface area (Å²) in [7, 11) is 1.87. The fraction of sp³-hybridized carbons (Fsp3) is 0.826. The van der Waals surface area contributed by atoms with Crippen molar-refractivity contribution in [3.05, 3.63) is 18.0 Å². The largest absolute Gasteiger partial charge is 0.336 e. The lowest BCUT2D eigenvalue weighted by molar-refractivity contribution is 0.0600. The van der Waals surface area contributed by atoms with Crippen LogP contribution >= 0.6 is 0 Å². The number of nitrogens with zero attached hydrogens (tertiary/aromatic N) is 5. The number of hydrogen-bond acceptors (Lipinski definition) is 4. The van der Waals surface area contributed by atoms with Gasteiger partial charge in [-0.1, -0.05) is 19.3 Å². The molecule has 0 bridgehead atoms. The summed E-state index contributed by atoms with van der Waals surface area (Å²) in [6, 6.07) is 2.66. The molecule has 0 N–H and O–H groups in total. The average molecular weight is 402 g/mol. The van der Waals surface area contributed by atoms with Gasteiger partial charge in [0, 0.05) is 45.5 Å². The number of carbonyl (C=O) groups is 1.